The van der Waals surface area contributed by atoms with Crippen molar-refractivity contribution in [2.24, 2.45) is 0 Å². The lowest BCUT2D eigenvalue weighted by molar-refractivity contribution is 0.104. The third kappa shape index (κ3) is 3.03. The van der Waals surface area contributed by atoms with Crippen molar-refractivity contribution in [1.82, 2.24) is 9.97 Å². The van der Waals surface area contributed by atoms with Crippen LogP contribution in [0.5, 0.6) is 11.5 Å². The zero-order valence-electron chi connectivity index (χ0n) is 14.7. The maximum Gasteiger partial charge on any atom is 0.864 e. The summed E-state index contributed by atoms with van der Waals surface area (Å²) in [6, 6.07) is 18.9. The molecule has 6 nitrogen and oxygen atoms in total. The van der Waals surface area contributed by atoms with Crippen molar-refractivity contribution in [3.8, 4) is 11.5 Å². The van der Waals surface area contributed by atoms with Gasteiger partial charge in [-0.1, -0.05) is 24.3 Å². The Balaban J connectivity index is 1.42. The van der Waals surface area contributed by atoms with Crippen LogP contribution < -0.4 is 9.31 Å². The third-order valence-corrected chi connectivity index (χ3v) is 4.47. The maximum atomic E-state index is 12.5. The number of nitrogens with one attached hydrogen (secondary N) is 2. The third-order valence-electron chi connectivity index (χ3n) is 4.47. The van der Waals surface area contributed by atoms with Crippen LogP contribution in [0.3, 0.4) is 0 Å². The molecule has 1 aliphatic rings. The van der Waals surface area contributed by atoms with E-state index in [0.29, 0.717) is 28.6 Å². The van der Waals surface area contributed by atoms with Gasteiger partial charge in [0.15, 0.2) is 0 Å². The summed E-state index contributed by atoms with van der Waals surface area (Å²) in [6.45, 7) is 0. The smallest absolute Gasteiger partial charge is 0.488 e. The maximum absolute atomic E-state index is 12.5. The van der Waals surface area contributed by atoms with Gasteiger partial charge in [-0.05, 0) is 47.2 Å². The summed E-state index contributed by atoms with van der Waals surface area (Å²) in [6.07, 6.45) is 4.86. The molecule has 0 fully saturated rings. The van der Waals surface area contributed by atoms with E-state index in [1.54, 1.807) is 24.5 Å². The van der Waals surface area contributed by atoms with Gasteiger partial charge in [-0.2, -0.15) is 0 Å². The van der Waals surface area contributed by atoms with Crippen LogP contribution in [0.15, 0.2) is 79.1 Å². The average molecular weight is 370 g/mol. The van der Waals surface area contributed by atoms with E-state index >= 15 is 0 Å². The molecule has 0 atom stereocenters. The summed E-state index contributed by atoms with van der Waals surface area (Å²) in [5, 5.41) is 2.10. The van der Waals surface area contributed by atoms with Crippen LogP contribution in [0.25, 0.3) is 16.5 Å². The van der Waals surface area contributed by atoms with Crippen molar-refractivity contribution in [1.29, 1.82) is 0 Å². The molecular weight excluding hydrogens is 355 g/mol. The SMILES string of the molecule is O=C(/C=C(\OB1Oc2cc3ccccc3cc2O1)c1ccc[nH]1)c1ccc[nH]1. The van der Waals surface area contributed by atoms with Crippen LogP contribution in [0.1, 0.15) is 16.2 Å². The van der Waals surface area contributed by atoms with Crippen molar-refractivity contribution in [3.05, 3.63) is 90.5 Å². The van der Waals surface area contributed by atoms with E-state index in [2.05, 4.69) is 9.97 Å². The number of aromatic nitrogens is 2. The number of carbonyl (C=O) groups excluding carboxylic acids is 1. The summed E-state index contributed by atoms with van der Waals surface area (Å²) in [7, 11) is -0.988. The van der Waals surface area contributed by atoms with Gasteiger partial charge < -0.3 is 23.9 Å². The highest BCUT2D eigenvalue weighted by atomic mass is 16.8. The molecule has 0 aliphatic carbocycles. The first-order valence-electron chi connectivity index (χ1n) is 8.82. The fourth-order valence-corrected chi connectivity index (χ4v) is 3.11. The van der Waals surface area contributed by atoms with Crippen LogP contribution >= 0.6 is 0 Å². The van der Waals surface area contributed by atoms with Crippen LogP contribution in [0.2, 0.25) is 0 Å². The molecule has 136 valence electrons. The molecule has 0 spiro atoms. The number of hydrogen-bond acceptors (Lipinski definition) is 4. The van der Waals surface area contributed by atoms with Gasteiger partial charge in [-0.25, -0.2) is 0 Å². The van der Waals surface area contributed by atoms with Crippen LogP contribution in [-0.2, 0) is 4.65 Å². The van der Waals surface area contributed by atoms with Crippen molar-refractivity contribution in [3.63, 3.8) is 0 Å². The topological polar surface area (TPSA) is 76.3 Å². The zero-order chi connectivity index (χ0) is 18.9. The summed E-state index contributed by atoms with van der Waals surface area (Å²) in [4.78, 5) is 18.4. The Morgan fingerprint density at radius 3 is 2.04 bits per heavy atom. The molecule has 2 aromatic heterocycles. The molecule has 1 aliphatic heterocycles. The molecule has 5 rings (SSSR count). The number of fused-ring (bicyclic) bond motifs is 2. The number of hydrogen-bond donors (Lipinski definition) is 2. The lowest BCUT2D eigenvalue weighted by Crippen LogP contribution is -2.28. The highest BCUT2D eigenvalue weighted by Gasteiger charge is 2.39. The van der Waals surface area contributed by atoms with Crippen molar-refractivity contribution >= 4 is 29.6 Å². The quantitative estimate of drug-likeness (QED) is 0.239. The summed E-state index contributed by atoms with van der Waals surface area (Å²) in [5.74, 6) is 1.32. The Kier molecular flexibility index (Phi) is 3.90. The van der Waals surface area contributed by atoms with Gasteiger partial charge in [0.25, 0.3) is 0 Å². The Morgan fingerprint density at radius 1 is 0.857 bits per heavy atom. The molecule has 0 saturated carbocycles. The first kappa shape index (κ1) is 16.3. The molecule has 28 heavy (non-hydrogen) atoms. The minimum Gasteiger partial charge on any atom is -0.488 e. The zero-order valence-corrected chi connectivity index (χ0v) is 14.7. The molecule has 0 bridgehead atoms. The molecular formula is C21H15BN2O4. The summed E-state index contributed by atoms with van der Waals surface area (Å²) in [5.41, 5.74) is 1.11. The second-order valence-electron chi connectivity index (χ2n) is 6.33. The predicted molar refractivity (Wildman–Crippen MR) is 106 cm³/mol. The lowest BCUT2D eigenvalue weighted by Gasteiger charge is -2.10. The lowest BCUT2D eigenvalue weighted by atomic mass is 10.1. The van der Waals surface area contributed by atoms with Crippen molar-refractivity contribution in [2.75, 3.05) is 0 Å². The molecule has 3 heterocycles. The normalized spacial score (nSPS) is 13.1. The summed E-state index contributed by atoms with van der Waals surface area (Å²) < 4.78 is 17.5. The largest absolute Gasteiger partial charge is 0.864 e. The van der Waals surface area contributed by atoms with Crippen molar-refractivity contribution in [2.45, 2.75) is 0 Å². The van der Waals surface area contributed by atoms with Gasteiger partial charge in [0.2, 0.25) is 5.78 Å². The molecule has 7 heteroatoms. The van der Waals surface area contributed by atoms with E-state index in [4.69, 9.17) is 14.0 Å². The fourth-order valence-electron chi connectivity index (χ4n) is 3.11. The average Bonchev–Trinajstić information content (AvgIpc) is 3.47. The van der Waals surface area contributed by atoms with E-state index in [1.807, 2.05) is 48.5 Å². The second kappa shape index (κ2) is 6.70. The van der Waals surface area contributed by atoms with Gasteiger partial charge >= 0.3 is 7.32 Å². The van der Waals surface area contributed by atoms with Gasteiger partial charge in [-0.3, -0.25) is 4.79 Å². The highest BCUT2D eigenvalue weighted by Crippen LogP contribution is 2.38. The first-order valence-corrected chi connectivity index (χ1v) is 8.82. The first-order chi connectivity index (χ1) is 13.8. The van der Waals surface area contributed by atoms with Crippen molar-refractivity contribution < 1.29 is 18.8 Å². The van der Waals surface area contributed by atoms with Crippen LogP contribution in [-0.4, -0.2) is 23.1 Å². The van der Waals surface area contributed by atoms with E-state index in [1.165, 1.54) is 6.08 Å². The molecule has 0 saturated heterocycles. The Morgan fingerprint density at radius 2 is 1.46 bits per heavy atom. The molecule has 4 aromatic rings. The van der Waals surface area contributed by atoms with E-state index < -0.39 is 7.32 Å². The minimum atomic E-state index is -0.988. The Hall–Kier alpha value is -3.87. The molecule has 0 unspecified atom stereocenters. The van der Waals surface area contributed by atoms with Gasteiger partial charge in [0, 0.05) is 18.5 Å². The summed E-state index contributed by atoms with van der Waals surface area (Å²) >= 11 is 0. The molecule has 2 N–H and O–H groups in total. The predicted octanol–water partition coefficient (Wildman–Crippen LogP) is 4.19. The minimum absolute atomic E-state index is 0.212. The Labute approximate surface area is 160 Å². The van der Waals surface area contributed by atoms with Crippen LogP contribution in [0, 0.1) is 0 Å². The molecule has 0 amide bonds. The molecule has 2 aromatic carbocycles. The van der Waals surface area contributed by atoms with E-state index in [-0.39, 0.29) is 5.78 Å². The number of allylic oxidation sites excluding steroid dienone is 1. The second-order valence-corrected chi connectivity index (χ2v) is 6.33. The number of benzene rings is 2. The van der Waals surface area contributed by atoms with E-state index in [0.717, 1.165) is 10.8 Å². The van der Waals surface area contributed by atoms with Gasteiger partial charge in [-0.15, -0.1) is 0 Å². The number of carbonyl (C=O) groups is 1. The molecule has 0 radical (unpaired) electrons. The number of ketones is 1. The number of aromatic amines is 2. The number of rotatable bonds is 5. The van der Waals surface area contributed by atoms with Gasteiger partial charge in [0.05, 0.1) is 11.4 Å². The fraction of sp³-hybridized carbons (Fsp3) is 0. The highest BCUT2D eigenvalue weighted by molar-refractivity contribution is 6.41. The number of H-pyrrole nitrogens is 2. The van der Waals surface area contributed by atoms with Crippen LogP contribution in [0.4, 0.5) is 0 Å². The monoisotopic (exact) mass is 370 g/mol. The van der Waals surface area contributed by atoms with E-state index in [9.17, 15) is 4.79 Å². The van der Waals surface area contributed by atoms with Gasteiger partial charge in [0.1, 0.15) is 17.3 Å². The Bertz CT molecular complexity index is 1120. The standard InChI is InChI=1S/C21H15BN2O4/c25-18(16-7-3-9-23-16)13-19(17-8-4-10-24-17)26-22-27-20-11-14-5-1-2-6-15(14)12-21(20)28-22/h1-13,23-24H/b19-13-.